The Kier molecular flexibility index (Phi) is 3.01. The van der Waals surface area contributed by atoms with Crippen LogP contribution in [0.2, 0.25) is 0 Å². The highest BCUT2D eigenvalue weighted by atomic mass is 19.1. The molecule has 5 N–H and O–H groups in total. The van der Waals surface area contributed by atoms with Crippen LogP contribution in [-0.4, -0.2) is 16.1 Å². The Hall–Kier alpha value is -2.41. The summed E-state index contributed by atoms with van der Waals surface area (Å²) in [6, 6.07) is 4.11. The fraction of sp³-hybridized carbons (Fsp3) is 0. The molecule has 0 atom stereocenters. The van der Waals surface area contributed by atoms with Crippen LogP contribution in [0.5, 0.6) is 0 Å². The third-order valence-corrected chi connectivity index (χ3v) is 2.16. The second-order valence-electron chi connectivity index (χ2n) is 3.25. The average molecular weight is 235 g/mol. The van der Waals surface area contributed by atoms with Crippen LogP contribution in [0.3, 0.4) is 0 Å². The van der Waals surface area contributed by atoms with Crippen LogP contribution in [0.4, 0.5) is 15.8 Å². The van der Waals surface area contributed by atoms with Crippen molar-refractivity contribution in [1.29, 1.82) is 0 Å². The fourth-order valence-corrected chi connectivity index (χ4v) is 1.38. The van der Waals surface area contributed by atoms with E-state index < -0.39 is 11.7 Å². The molecule has 1 aromatic carbocycles. The van der Waals surface area contributed by atoms with Gasteiger partial charge >= 0.3 is 0 Å². The number of carbonyl (C=O) groups excluding carboxylic acids is 1. The second-order valence-corrected chi connectivity index (χ2v) is 3.25. The molecule has 0 aliphatic carbocycles. The van der Waals surface area contributed by atoms with Gasteiger partial charge in [-0.25, -0.2) is 4.39 Å². The Balaban J connectivity index is 2.28. The summed E-state index contributed by atoms with van der Waals surface area (Å²) in [4.78, 5) is 11.8. The van der Waals surface area contributed by atoms with Crippen LogP contribution >= 0.6 is 0 Å². The average Bonchev–Trinajstić information content (AvgIpc) is 2.81. The second kappa shape index (κ2) is 4.62. The van der Waals surface area contributed by atoms with E-state index >= 15 is 0 Å². The summed E-state index contributed by atoms with van der Waals surface area (Å²) < 4.78 is 13.3. The van der Waals surface area contributed by atoms with Gasteiger partial charge in [0.15, 0.2) is 0 Å². The van der Waals surface area contributed by atoms with Gasteiger partial charge in [-0.2, -0.15) is 5.10 Å². The molecule has 0 unspecified atom stereocenters. The van der Waals surface area contributed by atoms with E-state index in [1.165, 1.54) is 30.6 Å². The van der Waals surface area contributed by atoms with Crippen LogP contribution < -0.4 is 16.6 Å². The number of amides is 1. The van der Waals surface area contributed by atoms with E-state index in [1.54, 1.807) is 0 Å². The molecule has 0 saturated heterocycles. The Morgan fingerprint density at radius 1 is 1.47 bits per heavy atom. The van der Waals surface area contributed by atoms with E-state index in [0.717, 1.165) is 0 Å². The zero-order chi connectivity index (χ0) is 12.3. The number of nitrogens with zero attached hydrogens (tertiary/aromatic N) is 1. The van der Waals surface area contributed by atoms with Crippen LogP contribution in [0.1, 0.15) is 10.4 Å². The Labute approximate surface area is 96.0 Å². The molecule has 6 nitrogen and oxygen atoms in total. The van der Waals surface area contributed by atoms with Crippen molar-refractivity contribution in [2.24, 2.45) is 5.84 Å². The lowest BCUT2D eigenvalue weighted by atomic mass is 10.1. The molecular formula is C10H10FN5O. The number of nitrogens with one attached hydrogen (secondary N) is 3. The monoisotopic (exact) mass is 235 g/mol. The number of carbonyl (C=O) groups is 1. The topological polar surface area (TPSA) is 95.8 Å². The first-order chi connectivity index (χ1) is 8.22. The Morgan fingerprint density at radius 3 is 2.94 bits per heavy atom. The van der Waals surface area contributed by atoms with E-state index in [0.29, 0.717) is 5.69 Å². The minimum Gasteiger partial charge on any atom is -0.321 e. The van der Waals surface area contributed by atoms with Crippen LogP contribution in [0.15, 0.2) is 30.6 Å². The van der Waals surface area contributed by atoms with Gasteiger partial charge in [-0.1, -0.05) is 6.07 Å². The smallest absolute Gasteiger partial charge is 0.258 e. The van der Waals surface area contributed by atoms with Crippen molar-refractivity contribution in [1.82, 2.24) is 10.2 Å². The molecule has 0 radical (unpaired) electrons. The van der Waals surface area contributed by atoms with Crippen molar-refractivity contribution < 1.29 is 9.18 Å². The van der Waals surface area contributed by atoms with E-state index in [2.05, 4.69) is 20.9 Å². The van der Waals surface area contributed by atoms with Gasteiger partial charge in [-0.05, 0) is 12.1 Å². The lowest BCUT2D eigenvalue weighted by Gasteiger charge is -2.09. The first-order valence-electron chi connectivity index (χ1n) is 4.77. The molecule has 0 aliphatic rings. The van der Waals surface area contributed by atoms with Crippen molar-refractivity contribution in [3.8, 4) is 0 Å². The minimum absolute atomic E-state index is 0.0477. The molecule has 1 aromatic heterocycles. The summed E-state index contributed by atoms with van der Waals surface area (Å²) in [6.07, 6.45) is 2.94. The molecule has 0 bridgehead atoms. The largest absolute Gasteiger partial charge is 0.321 e. The number of nitrogen functional groups attached to an aromatic ring is 1. The summed E-state index contributed by atoms with van der Waals surface area (Å²) >= 11 is 0. The van der Waals surface area contributed by atoms with Crippen molar-refractivity contribution in [2.75, 3.05) is 10.7 Å². The van der Waals surface area contributed by atoms with E-state index in [4.69, 9.17) is 5.84 Å². The lowest BCUT2D eigenvalue weighted by molar-refractivity contribution is 0.102. The number of nitrogens with two attached hydrogens (primary N) is 1. The maximum atomic E-state index is 13.3. The zero-order valence-electron chi connectivity index (χ0n) is 8.70. The number of aromatic amines is 1. The third-order valence-electron chi connectivity index (χ3n) is 2.16. The summed E-state index contributed by atoms with van der Waals surface area (Å²) in [5.41, 5.74) is 2.72. The summed E-state index contributed by atoms with van der Waals surface area (Å²) in [7, 11) is 0. The maximum absolute atomic E-state index is 13.3. The molecule has 2 aromatic rings. The first kappa shape index (κ1) is 11.1. The summed E-state index contributed by atoms with van der Waals surface area (Å²) in [6.45, 7) is 0. The molecule has 7 heteroatoms. The Bertz CT molecular complexity index is 525. The van der Waals surface area contributed by atoms with Crippen molar-refractivity contribution in [3.63, 3.8) is 0 Å². The summed E-state index contributed by atoms with van der Waals surface area (Å²) in [5, 5.41) is 8.77. The number of benzene rings is 1. The minimum atomic E-state index is -0.590. The van der Waals surface area contributed by atoms with Gasteiger partial charge in [0, 0.05) is 6.20 Å². The van der Waals surface area contributed by atoms with Crippen LogP contribution in [0.25, 0.3) is 0 Å². The molecule has 1 amide bonds. The van der Waals surface area contributed by atoms with Gasteiger partial charge in [0.1, 0.15) is 5.82 Å². The molecule has 2 rings (SSSR count). The number of hydrazine groups is 1. The molecule has 0 saturated carbocycles. The number of halogens is 1. The van der Waals surface area contributed by atoms with E-state index in [9.17, 15) is 9.18 Å². The molecule has 0 aliphatic heterocycles. The van der Waals surface area contributed by atoms with E-state index in [1.807, 2.05) is 0 Å². The highest BCUT2D eigenvalue weighted by Crippen LogP contribution is 2.19. The number of aromatic nitrogens is 2. The van der Waals surface area contributed by atoms with Gasteiger partial charge < -0.3 is 10.7 Å². The molecule has 1 heterocycles. The van der Waals surface area contributed by atoms with Gasteiger partial charge in [0.25, 0.3) is 5.91 Å². The summed E-state index contributed by atoms with van der Waals surface area (Å²) in [5.74, 6) is 4.11. The number of rotatable bonds is 3. The lowest BCUT2D eigenvalue weighted by Crippen LogP contribution is -2.18. The molecule has 88 valence electrons. The number of H-pyrrole nitrogens is 1. The predicted molar refractivity (Wildman–Crippen MR) is 60.8 cm³/mol. The van der Waals surface area contributed by atoms with Gasteiger partial charge in [0.2, 0.25) is 0 Å². The van der Waals surface area contributed by atoms with Gasteiger partial charge in [0.05, 0.1) is 23.1 Å². The molecule has 0 fully saturated rings. The third kappa shape index (κ3) is 2.23. The molecule has 17 heavy (non-hydrogen) atoms. The zero-order valence-corrected chi connectivity index (χ0v) is 8.70. The number of hydrogen-bond acceptors (Lipinski definition) is 4. The number of anilines is 2. The fourth-order valence-electron chi connectivity index (χ4n) is 1.38. The van der Waals surface area contributed by atoms with Crippen molar-refractivity contribution >= 4 is 17.3 Å². The highest BCUT2D eigenvalue weighted by molar-refractivity contribution is 6.07. The highest BCUT2D eigenvalue weighted by Gasteiger charge is 2.14. The van der Waals surface area contributed by atoms with Crippen molar-refractivity contribution in [2.45, 2.75) is 0 Å². The molecular weight excluding hydrogens is 225 g/mol. The normalized spacial score (nSPS) is 10.0. The molecule has 0 spiro atoms. The van der Waals surface area contributed by atoms with Crippen LogP contribution in [-0.2, 0) is 0 Å². The predicted octanol–water partition coefficient (Wildman–Crippen LogP) is 1.09. The number of hydrogen-bond donors (Lipinski definition) is 4. The quantitative estimate of drug-likeness (QED) is 0.473. The maximum Gasteiger partial charge on any atom is 0.258 e. The Morgan fingerprint density at radius 2 is 2.29 bits per heavy atom. The van der Waals surface area contributed by atoms with Crippen LogP contribution in [0, 0.1) is 5.82 Å². The number of para-hydroxylation sites is 1. The SMILES string of the molecule is NNc1c(F)cccc1C(=O)Nc1cn[nH]c1. The van der Waals surface area contributed by atoms with Gasteiger partial charge in [-0.3, -0.25) is 15.7 Å². The standard InChI is InChI=1S/C10H10FN5O/c11-8-3-1-2-7(9(8)16-12)10(17)15-6-4-13-14-5-6/h1-5,16H,12H2,(H,13,14)(H,15,17). The first-order valence-corrected chi connectivity index (χ1v) is 4.77. The van der Waals surface area contributed by atoms with Crippen molar-refractivity contribution in [3.05, 3.63) is 42.0 Å². The van der Waals surface area contributed by atoms with E-state index in [-0.39, 0.29) is 11.3 Å². The van der Waals surface area contributed by atoms with Gasteiger partial charge in [-0.15, -0.1) is 0 Å².